The van der Waals surface area contributed by atoms with Crippen molar-refractivity contribution in [1.82, 2.24) is 14.5 Å². The number of anilines is 1. The van der Waals surface area contributed by atoms with Gasteiger partial charge in [-0.05, 0) is 48.6 Å². The van der Waals surface area contributed by atoms with Gasteiger partial charge >= 0.3 is 0 Å². The number of fused-ring (bicyclic) bond motifs is 1. The maximum atomic E-state index is 12.9. The molecule has 0 aromatic heterocycles. The van der Waals surface area contributed by atoms with E-state index in [1.807, 2.05) is 11.0 Å². The molecule has 182 valence electrons. The van der Waals surface area contributed by atoms with Crippen LogP contribution in [0, 0.1) is 5.92 Å². The fraction of sp³-hybridized carbons (Fsp3) is 0.500. The number of nitrogens with one attached hydrogen (secondary N) is 1. The summed E-state index contributed by atoms with van der Waals surface area (Å²) in [5.74, 6) is 0.346. The number of nitrogens with zero attached hydrogens (tertiary/aromatic N) is 3. The van der Waals surface area contributed by atoms with E-state index in [0.717, 1.165) is 63.2 Å². The fourth-order valence-corrected chi connectivity index (χ4v) is 6.16. The van der Waals surface area contributed by atoms with E-state index < -0.39 is 10.0 Å². The highest BCUT2D eigenvalue weighted by Gasteiger charge is 2.34. The normalized spacial score (nSPS) is 19.7. The number of amides is 1. The molecule has 7 nitrogen and oxygen atoms in total. The minimum absolute atomic E-state index is 0.149. The molecule has 0 atom stereocenters. The van der Waals surface area contributed by atoms with Gasteiger partial charge in [-0.25, -0.2) is 13.1 Å². The van der Waals surface area contributed by atoms with Crippen molar-refractivity contribution in [1.29, 1.82) is 0 Å². The van der Waals surface area contributed by atoms with Crippen LogP contribution in [0.5, 0.6) is 0 Å². The first-order valence-electron chi connectivity index (χ1n) is 12.4. The maximum absolute atomic E-state index is 12.9. The third kappa shape index (κ3) is 5.20. The maximum Gasteiger partial charge on any atom is 0.240 e. The van der Waals surface area contributed by atoms with Crippen LogP contribution in [0.4, 0.5) is 5.69 Å². The first-order valence-corrected chi connectivity index (χ1v) is 13.9. The van der Waals surface area contributed by atoms with Crippen LogP contribution in [-0.2, 0) is 27.8 Å². The summed E-state index contributed by atoms with van der Waals surface area (Å²) in [4.78, 5) is 19.6. The second kappa shape index (κ2) is 10.2. The van der Waals surface area contributed by atoms with Gasteiger partial charge in [-0.3, -0.25) is 14.6 Å². The molecule has 0 radical (unpaired) electrons. The van der Waals surface area contributed by atoms with Gasteiger partial charge in [0, 0.05) is 64.0 Å². The van der Waals surface area contributed by atoms with Crippen molar-refractivity contribution in [2.45, 2.75) is 37.1 Å². The van der Waals surface area contributed by atoms with E-state index in [0.29, 0.717) is 26.1 Å². The smallest absolute Gasteiger partial charge is 0.240 e. The quantitative estimate of drug-likeness (QED) is 0.626. The van der Waals surface area contributed by atoms with E-state index in [1.54, 1.807) is 18.2 Å². The topological polar surface area (TPSA) is 73.0 Å². The van der Waals surface area contributed by atoms with E-state index in [2.05, 4.69) is 38.8 Å². The van der Waals surface area contributed by atoms with Crippen molar-refractivity contribution < 1.29 is 13.2 Å². The van der Waals surface area contributed by atoms with Gasteiger partial charge in [0.2, 0.25) is 15.9 Å². The number of sulfonamides is 1. The Labute approximate surface area is 202 Å². The van der Waals surface area contributed by atoms with Crippen molar-refractivity contribution in [2.75, 3.05) is 50.7 Å². The third-order valence-electron chi connectivity index (χ3n) is 7.41. The number of benzene rings is 2. The van der Waals surface area contributed by atoms with E-state index in [1.165, 1.54) is 5.56 Å². The predicted molar refractivity (Wildman–Crippen MR) is 133 cm³/mol. The van der Waals surface area contributed by atoms with Crippen molar-refractivity contribution in [2.24, 2.45) is 5.92 Å². The van der Waals surface area contributed by atoms with Crippen LogP contribution < -0.4 is 9.62 Å². The lowest BCUT2D eigenvalue weighted by Crippen LogP contribution is -2.48. The summed E-state index contributed by atoms with van der Waals surface area (Å²) in [6.45, 7) is 6.57. The molecule has 2 aromatic carbocycles. The van der Waals surface area contributed by atoms with Crippen molar-refractivity contribution in [3.8, 4) is 0 Å². The van der Waals surface area contributed by atoms with Crippen LogP contribution in [-0.4, -0.2) is 69.9 Å². The summed E-state index contributed by atoms with van der Waals surface area (Å²) in [6.07, 6.45) is 3.79. The van der Waals surface area contributed by atoms with Crippen LogP contribution >= 0.6 is 0 Å². The number of carbonyl (C=O) groups is 1. The number of carbonyl (C=O) groups excluding carboxylic acids is 1. The number of hydrogen-bond donors (Lipinski definition) is 1. The standard InChI is InChI=1S/C26H34N4O3S/c31-26(22-7-4-8-22)30-13-11-23-19-24(9-10-25(23)30)34(32,33)27-12-14-28-15-17-29(18-16-28)20-21-5-2-1-3-6-21/h1-3,5-6,9-10,19,22,27H,4,7-8,11-18,20H2. The Balaban J connectivity index is 1.10. The zero-order valence-electron chi connectivity index (χ0n) is 19.7. The molecule has 1 saturated carbocycles. The highest BCUT2D eigenvalue weighted by atomic mass is 32.2. The van der Waals surface area contributed by atoms with Crippen molar-refractivity contribution in [3.63, 3.8) is 0 Å². The Morgan fingerprint density at radius 3 is 2.38 bits per heavy atom. The molecular weight excluding hydrogens is 448 g/mol. The van der Waals surface area contributed by atoms with Gasteiger partial charge in [-0.2, -0.15) is 0 Å². The number of hydrogen-bond acceptors (Lipinski definition) is 5. The molecule has 1 saturated heterocycles. The Kier molecular flexibility index (Phi) is 7.01. The molecule has 2 heterocycles. The molecule has 1 aliphatic carbocycles. The average molecular weight is 483 g/mol. The molecule has 8 heteroatoms. The van der Waals surface area contributed by atoms with E-state index >= 15 is 0 Å². The SMILES string of the molecule is O=C(C1CCC1)N1CCc2cc(S(=O)(=O)NCCN3CCN(Cc4ccccc4)CC3)ccc21. The zero-order valence-corrected chi connectivity index (χ0v) is 20.5. The molecule has 3 aliphatic rings. The Hall–Kier alpha value is -2.26. The average Bonchev–Trinajstić information content (AvgIpc) is 3.23. The first-order chi connectivity index (χ1) is 16.5. The van der Waals surface area contributed by atoms with Gasteiger partial charge in [0.1, 0.15) is 0 Å². The summed E-state index contributed by atoms with van der Waals surface area (Å²) >= 11 is 0. The molecule has 2 aliphatic heterocycles. The largest absolute Gasteiger partial charge is 0.312 e. The summed E-state index contributed by atoms with van der Waals surface area (Å²) in [7, 11) is -3.57. The Morgan fingerprint density at radius 2 is 1.68 bits per heavy atom. The molecule has 1 amide bonds. The monoisotopic (exact) mass is 482 g/mol. The van der Waals surface area contributed by atoms with Crippen molar-refractivity contribution >= 4 is 21.6 Å². The molecule has 5 rings (SSSR count). The highest BCUT2D eigenvalue weighted by Crippen LogP contribution is 2.35. The third-order valence-corrected chi connectivity index (χ3v) is 8.87. The van der Waals surface area contributed by atoms with Crippen LogP contribution in [0.3, 0.4) is 0 Å². The Morgan fingerprint density at radius 1 is 0.941 bits per heavy atom. The van der Waals surface area contributed by atoms with Crippen LogP contribution in [0.1, 0.15) is 30.4 Å². The molecular formula is C26H34N4O3S. The number of rotatable bonds is 8. The van der Waals surface area contributed by atoms with Gasteiger partial charge in [-0.15, -0.1) is 0 Å². The molecule has 2 fully saturated rings. The molecule has 0 bridgehead atoms. The molecule has 1 N–H and O–H groups in total. The van der Waals surface area contributed by atoms with Gasteiger partial charge in [0.25, 0.3) is 0 Å². The van der Waals surface area contributed by atoms with Gasteiger partial charge in [0.05, 0.1) is 4.90 Å². The second-order valence-electron chi connectivity index (χ2n) is 9.66. The Bertz CT molecular complexity index is 1110. The second-order valence-corrected chi connectivity index (χ2v) is 11.4. The molecule has 2 aromatic rings. The lowest BCUT2D eigenvalue weighted by atomic mass is 9.84. The first kappa shape index (κ1) is 23.5. The van der Waals surface area contributed by atoms with E-state index in [-0.39, 0.29) is 16.7 Å². The van der Waals surface area contributed by atoms with E-state index in [4.69, 9.17) is 0 Å². The molecule has 34 heavy (non-hydrogen) atoms. The van der Waals surface area contributed by atoms with Gasteiger partial charge in [0.15, 0.2) is 0 Å². The lowest BCUT2D eigenvalue weighted by Gasteiger charge is -2.34. The summed E-state index contributed by atoms with van der Waals surface area (Å²) < 4.78 is 28.6. The van der Waals surface area contributed by atoms with E-state index in [9.17, 15) is 13.2 Å². The van der Waals surface area contributed by atoms with Gasteiger partial charge in [-0.1, -0.05) is 36.8 Å². The minimum Gasteiger partial charge on any atom is -0.312 e. The summed E-state index contributed by atoms with van der Waals surface area (Å²) in [5.41, 5.74) is 3.16. The minimum atomic E-state index is -3.57. The zero-order chi connectivity index (χ0) is 23.5. The number of piperazine rings is 1. The van der Waals surface area contributed by atoms with Crippen molar-refractivity contribution in [3.05, 3.63) is 59.7 Å². The molecule has 0 unspecified atom stereocenters. The fourth-order valence-electron chi connectivity index (χ4n) is 5.08. The predicted octanol–water partition coefficient (Wildman–Crippen LogP) is 2.47. The van der Waals surface area contributed by atoms with Crippen LogP contribution in [0.25, 0.3) is 0 Å². The summed E-state index contributed by atoms with van der Waals surface area (Å²) in [5, 5.41) is 0. The molecule has 0 spiro atoms. The van der Waals surface area contributed by atoms with Gasteiger partial charge < -0.3 is 4.90 Å². The van der Waals surface area contributed by atoms with Crippen LogP contribution in [0.15, 0.2) is 53.4 Å². The highest BCUT2D eigenvalue weighted by molar-refractivity contribution is 7.89. The lowest BCUT2D eigenvalue weighted by molar-refractivity contribution is -0.124. The van der Waals surface area contributed by atoms with Crippen LogP contribution in [0.2, 0.25) is 0 Å². The summed E-state index contributed by atoms with van der Waals surface area (Å²) in [6, 6.07) is 15.7.